The number of hydrogen-bond acceptors (Lipinski definition) is 4. The summed E-state index contributed by atoms with van der Waals surface area (Å²) in [6.45, 7) is 6.40. The van der Waals surface area contributed by atoms with Gasteiger partial charge in [-0.1, -0.05) is 13.3 Å². The van der Waals surface area contributed by atoms with Crippen molar-refractivity contribution in [2.24, 2.45) is 22.7 Å². The molecule has 0 aromatic carbocycles. The predicted octanol–water partition coefficient (Wildman–Crippen LogP) is 3.34. The Labute approximate surface area is 127 Å². The Hall–Kier alpha value is -1.06. The van der Waals surface area contributed by atoms with Crippen LogP contribution < -0.4 is 0 Å². The first-order valence-corrected chi connectivity index (χ1v) is 8.11. The van der Waals surface area contributed by atoms with E-state index in [1.165, 1.54) is 26.4 Å². The number of methoxy groups -OCH3 is 1. The Morgan fingerprint density at radius 2 is 2.14 bits per heavy atom. The standard InChI is InChI=1S/C10H14O2.C7H14O2/c11-9-10(3-4-12-9)6-7-1-2-8(10)5-7;1-5-7(2,3)6(8)9-4/h7-8H,1-6H2;5H2,1-4H3. The zero-order chi connectivity index (χ0) is 15.7. The lowest BCUT2D eigenvalue weighted by Gasteiger charge is -2.28. The lowest BCUT2D eigenvalue weighted by Crippen LogP contribution is -2.32. The van der Waals surface area contributed by atoms with Crippen molar-refractivity contribution in [3.63, 3.8) is 0 Å². The summed E-state index contributed by atoms with van der Waals surface area (Å²) in [5.74, 6) is 1.51. The molecule has 2 aliphatic carbocycles. The zero-order valence-corrected chi connectivity index (χ0v) is 13.7. The third kappa shape index (κ3) is 2.95. The zero-order valence-electron chi connectivity index (χ0n) is 13.7. The molecule has 4 nitrogen and oxygen atoms in total. The normalized spacial score (nSPS) is 33.6. The minimum Gasteiger partial charge on any atom is -0.469 e. The average molecular weight is 296 g/mol. The van der Waals surface area contributed by atoms with Gasteiger partial charge in [-0.2, -0.15) is 0 Å². The molecule has 4 heteroatoms. The van der Waals surface area contributed by atoms with Gasteiger partial charge in [0.1, 0.15) is 0 Å². The SMILES string of the molecule is CCC(C)(C)C(=O)OC.O=C1OCCC12CC1CCC2C1. The van der Waals surface area contributed by atoms with Crippen LogP contribution in [0, 0.1) is 22.7 Å². The maximum atomic E-state index is 11.6. The van der Waals surface area contributed by atoms with Crippen LogP contribution >= 0.6 is 0 Å². The fourth-order valence-corrected chi connectivity index (χ4v) is 3.99. The molecule has 3 fully saturated rings. The van der Waals surface area contributed by atoms with Crippen LogP contribution in [-0.2, 0) is 19.1 Å². The molecular weight excluding hydrogens is 268 g/mol. The molecule has 0 aromatic heterocycles. The summed E-state index contributed by atoms with van der Waals surface area (Å²) in [6.07, 6.45) is 6.90. The highest BCUT2D eigenvalue weighted by atomic mass is 16.5. The number of cyclic esters (lactones) is 1. The molecular formula is C17H28O4. The molecule has 2 saturated carbocycles. The maximum absolute atomic E-state index is 11.6. The molecule has 2 bridgehead atoms. The van der Waals surface area contributed by atoms with Gasteiger partial charge in [-0.05, 0) is 57.8 Å². The van der Waals surface area contributed by atoms with Crippen LogP contribution in [0.4, 0.5) is 0 Å². The van der Waals surface area contributed by atoms with Crippen molar-refractivity contribution in [2.45, 2.75) is 59.3 Å². The van der Waals surface area contributed by atoms with E-state index in [2.05, 4.69) is 4.74 Å². The van der Waals surface area contributed by atoms with Crippen molar-refractivity contribution in [1.82, 2.24) is 0 Å². The third-order valence-corrected chi connectivity index (χ3v) is 5.79. The molecule has 0 amide bonds. The second kappa shape index (κ2) is 5.98. The highest BCUT2D eigenvalue weighted by Crippen LogP contribution is 2.59. The van der Waals surface area contributed by atoms with Crippen molar-refractivity contribution < 1.29 is 19.1 Å². The molecule has 21 heavy (non-hydrogen) atoms. The lowest BCUT2D eigenvalue weighted by molar-refractivity contribution is -0.151. The fourth-order valence-electron chi connectivity index (χ4n) is 3.99. The van der Waals surface area contributed by atoms with Crippen LogP contribution in [0.3, 0.4) is 0 Å². The van der Waals surface area contributed by atoms with E-state index >= 15 is 0 Å². The number of carbonyl (C=O) groups is 2. The van der Waals surface area contributed by atoms with E-state index in [0.29, 0.717) is 12.5 Å². The van der Waals surface area contributed by atoms with Crippen molar-refractivity contribution in [3.8, 4) is 0 Å². The van der Waals surface area contributed by atoms with Crippen molar-refractivity contribution in [1.29, 1.82) is 0 Å². The summed E-state index contributed by atoms with van der Waals surface area (Å²) in [6, 6.07) is 0. The van der Waals surface area contributed by atoms with Crippen LogP contribution in [0.15, 0.2) is 0 Å². The van der Waals surface area contributed by atoms with Gasteiger partial charge in [0.25, 0.3) is 0 Å². The molecule has 120 valence electrons. The summed E-state index contributed by atoms with van der Waals surface area (Å²) < 4.78 is 9.67. The van der Waals surface area contributed by atoms with E-state index in [1.807, 2.05) is 20.8 Å². The summed E-state index contributed by atoms with van der Waals surface area (Å²) >= 11 is 0. The largest absolute Gasteiger partial charge is 0.469 e. The number of rotatable bonds is 2. The average Bonchev–Trinajstić information content (AvgIpc) is 3.16. The molecule has 0 radical (unpaired) electrons. The second-order valence-electron chi connectivity index (χ2n) is 7.35. The first-order valence-electron chi connectivity index (χ1n) is 8.11. The van der Waals surface area contributed by atoms with Gasteiger partial charge in [-0.3, -0.25) is 9.59 Å². The van der Waals surface area contributed by atoms with Gasteiger partial charge in [0.05, 0.1) is 24.5 Å². The van der Waals surface area contributed by atoms with E-state index in [-0.39, 0.29) is 22.8 Å². The Balaban J connectivity index is 0.000000163. The highest BCUT2D eigenvalue weighted by Gasteiger charge is 2.58. The van der Waals surface area contributed by atoms with Crippen LogP contribution in [0.25, 0.3) is 0 Å². The van der Waals surface area contributed by atoms with Gasteiger partial charge in [0.2, 0.25) is 0 Å². The van der Waals surface area contributed by atoms with Crippen LogP contribution in [0.2, 0.25) is 0 Å². The second-order valence-corrected chi connectivity index (χ2v) is 7.35. The predicted molar refractivity (Wildman–Crippen MR) is 79.5 cm³/mol. The summed E-state index contributed by atoms with van der Waals surface area (Å²) in [7, 11) is 1.42. The number of esters is 2. The Bertz CT molecular complexity index is 415. The smallest absolute Gasteiger partial charge is 0.312 e. The van der Waals surface area contributed by atoms with Gasteiger partial charge in [0, 0.05) is 0 Å². The molecule has 1 spiro atoms. The minimum absolute atomic E-state index is 0.00289. The Kier molecular flexibility index (Phi) is 4.64. The molecule has 0 N–H and O–H groups in total. The Morgan fingerprint density at radius 1 is 1.43 bits per heavy atom. The highest BCUT2D eigenvalue weighted by molar-refractivity contribution is 5.79. The number of fused-ring (bicyclic) bond motifs is 3. The van der Waals surface area contributed by atoms with Crippen molar-refractivity contribution in [3.05, 3.63) is 0 Å². The molecule has 3 atom stereocenters. The fraction of sp³-hybridized carbons (Fsp3) is 0.882. The summed E-state index contributed by atoms with van der Waals surface area (Å²) in [5, 5.41) is 0. The first-order chi connectivity index (χ1) is 9.85. The lowest BCUT2D eigenvalue weighted by atomic mass is 9.72. The minimum atomic E-state index is -0.311. The van der Waals surface area contributed by atoms with Gasteiger partial charge >= 0.3 is 11.9 Å². The number of carbonyl (C=O) groups excluding carboxylic acids is 2. The maximum Gasteiger partial charge on any atom is 0.312 e. The summed E-state index contributed by atoms with van der Waals surface area (Å²) in [4.78, 5) is 22.4. The topological polar surface area (TPSA) is 52.6 Å². The molecule has 1 heterocycles. The van der Waals surface area contributed by atoms with Gasteiger partial charge in [0.15, 0.2) is 0 Å². The molecule has 1 aliphatic heterocycles. The third-order valence-electron chi connectivity index (χ3n) is 5.79. The van der Waals surface area contributed by atoms with E-state index in [1.54, 1.807) is 0 Å². The molecule has 1 saturated heterocycles. The number of ether oxygens (including phenoxy) is 2. The monoisotopic (exact) mass is 296 g/mol. The molecule has 3 aliphatic rings. The van der Waals surface area contributed by atoms with E-state index in [4.69, 9.17) is 4.74 Å². The van der Waals surface area contributed by atoms with Crippen LogP contribution in [-0.4, -0.2) is 25.7 Å². The van der Waals surface area contributed by atoms with Gasteiger partial charge in [-0.15, -0.1) is 0 Å². The van der Waals surface area contributed by atoms with Crippen LogP contribution in [0.5, 0.6) is 0 Å². The summed E-state index contributed by atoms with van der Waals surface area (Å²) in [5.41, 5.74) is -0.308. The van der Waals surface area contributed by atoms with Crippen molar-refractivity contribution in [2.75, 3.05) is 13.7 Å². The number of hydrogen-bond donors (Lipinski definition) is 0. The van der Waals surface area contributed by atoms with Crippen LogP contribution in [0.1, 0.15) is 59.3 Å². The van der Waals surface area contributed by atoms with E-state index in [0.717, 1.165) is 25.2 Å². The van der Waals surface area contributed by atoms with E-state index in [9.17, 15) is 9.59 Å². The van der Waals surface area contributed by atoms with Gasteiger partial charge < -0.3 is 9.47 Å². The van der Waals surface area contributed by atoms with Crippen molar-refractivity contribution >= 4 is 11.9 Å². The van der Waals surface area contributed by atoms with E-state index < -0.39 is 0 Å². The Morgan fingerprint density at radius 3 is 2.48 bits per heavy atom. The van der Waals surface area contributed by atoms with Gasteiger partial charge in [-0.25, -0.2) is 0 Å². The molecule has 3 rings (SSSR count). The first kappa shape index (κ1) is 16.3. The quantitative estimate of drug-likeness (QED) is 0.733. The molecule has 3 unspecified atom stereocenters. The molecule has 0 aromatic rings.